The van der Waals surface area contributed by atoms with Gasteiger partial charge in [0, 0.05) is 28.9 Å². The molecule has 1 heterocycles. The average molecular weight is 281 g/mol. The van der Waals surface area contributed by atoms with E-state index in [-0.39, 0.29) is 11.9 Å². The van der Waals surface area contributed by atoms with Gasteiger partial charge in [-0.1, -0.05) is 23.8 Å². The molecule has 0 saturated carbocycles. The standard InChI is InChI=1S/C18H19NO2/c1-11-8-9-15-14(10-11)17-13(12(2)18(20)21-4)6-5-7-16(17)19(15)3/h5-10,12H,1-4H3. The van der Waals surface area contributed by atoms with Crippen LogP contribution in [-0.2, 0) is 16.6 Å². The molecule has 3 rings (SSSR count). The zero-order valence-corrected chi connectivity index (χ0v) is 12.8. The van der Waals surface area contributed by atoms with Gasteiger partial charge in [0.25, 0.3) is 0 Å². The van der Waals surface area contributed by atoms with Crippen molar-refractivity contribution in [3.05, 3.63) is 47.5 Å². The first-order chi connectivity index (χ1) is 10.0. The quantitative estimate of drug-likeness (QED) is 0.667. The monoisotopic (exact) mass is 281 g/mol. The van der Waals surface area contributed by atoms with Crippen molar-refractivity contribution in [2.75, 3.05) is 7.11 Å². The molecule has 0 aliphatic rings. The van der Waals surface area contributed by atoms with E-state index in [0.717, 1.165) is 16.5 Å². The van der Waals surface area contributed by atoms with E-state index in [9.17, 15) is 4.79 Å². The Morgan fingerprint density at radius 3 is 2.67 bits per heavy atom. The number of hydrogen-bond donors (Lipinski definition) is 0. The molecule has 0 amide bonds. The van der Waals surface area contributed by atoms with Crippen molar-refractivity contribution < 1.29 is 9.53 Å². The van der Waals surface area contributed by atoms with Gasteiger partial charge in [-0.05, 0) is 37.6 Å². The van der Waals surface area contributed by atoms with Gasteiger partial charge in [-0.25, -0.2) is 0 Å². The molecule has 0 bridgehead atoms. The number of methoxy groups -OCH3 is 1. The Labute approximate surface area is 124 Å². The first kappa shape index (κ1) is 13.7. The van der Waals surface area contributed by atoms with Gasteiger partial charge in [0.15, 0.2) is 0 Å². The normalized spacial score (nSPS) is 12.8. The molecule has 0 fully saturated rings. The number of esters is 1. The first-order valence-corrected chi connectivity index (χ1v) is 7.10. The molecule has 0 N–H and O–H groups in total. The Morgan fingerprint density at radius 1 is 1.19 bits per heavy atom. The van der Waals surface area contributed by atoms with Crippen molar-refractivity contribution in [1.29, 1.82) is 0 Å². The number of nitrogens with zero attached hydrogens (tertiary/aromatic N) is 1. The van der Waals surface area contributed by atoms with E-state index in [0.29, 0.717) is 0 Å². The predicted molar refractivity (Wildman–Crippen MR) is 85.6 cm³/mol. The molecule has 3 heteroatoms. The molecule has 1 atom stereocenters. The Bertz CT molecular complexity index is 845. The largest absolute Gasteiger partial charge is 0.469 e. The van der Waals surface area contributed by atoms with Crippen LogP contribution >= 0.6 is 0 Å². The van der Waals surface area contributed by atoms with Gasteiger partial charge in [0.2, 0.25) is 0 Å². The zero-order valence-electron chi connectivity index (χ0n) is 12.8. The summed E-state index contributed by atoms with van der Waals surface area (Å²) in [6.07, 6.45) is 0. The molecule has 108 valence electrons. The second-order valence-corrected chi connectivity index (χ2v) is 5.57. The van der Waals surface area contributed by atoms with Gasteiger partial charge in [0.1, 0.15) is 0 Å². The molecule has 0 aliphatic carbocycles. The zero-order chi connectivity index (χ0) is 15.1. The van der Waals surface area contributed by atoms with E-state index in [2.05, 4.69) is 42.8 Å². The van der Waals surface area contributed by atoms with Crippen molar-refractivity contribution in [3.63, 3.8) is 0 Å². The number of aryl methyl sites for hydroxylation is 2. The lowest BCUT2D eigenvalue weighted by Gasteiger charge is -2.11. The molecule has 21 heavy (non-hydrogen) atoms. The van der Waals surface area contributed by atoms with Crippen molar-refractivity contribution in [2.45, 2.75) is 19.8 Å². The summed E-state index contributed by atoms with van der Waals surface area (Å²) in [5, 5.41) is 2.34. The molecule has 0 aliphatic heterocycles. The van der Waals surface area contributed by atoms with Crippen molar-refractivity contribution in [1.82, 2.24) is 4.57 Å². The van der Waals surface area contributed by atoms with Crippen LogP contribution in [0.5, 0.6) is 0 Å². The summed E-state index contributed by atoms with van der Waals surface area (Å²) in [4.78, 5) is 11.9. The number of fused-ring (bicyclic) bond motifs is 3. The minimum atomic E-state index is -0.273. The second-order valence-electron chi connectivity index (χ2n) is 5.57. The number of carbonyl (C=O) groups is 1. The van der Waals surface area contributed by atoms with Gasteiger partial charge in [-0.2, -0.15) is 0 Å². The minimum Gasteiger partial charge on any atom is -0.469 e. The number of rotatable bonds is 2. The van der Waals surface area contributed by atoms with E-state index >= 15 is 0 Å². The number of hydrogen-bond acceptors (Lipinski definition) is 2. The molecule has 2 aromatic carbocycles. The molecule has 0 saturated heterocycles. The summed E-state index contributed by atoms with van der Waals surface area (Å²) in [5.41, 5.74) is 4.56. The third-order valence-corrected chi connectivity index (χ3v) is 4.24. The lowest BCUT2D eigenvalue weighted by atomic mass is 9.95. The fourth-order valence-electron chi connectivity index (χ4n) is 3.07. The molecule has 3 nitrogen and oxygen atoms in total. The molecular formula is C18H19NO2. The summed E-state index contributed by atoms with van der Waals surface area (Å²) in [6.45, 7) is 3.99. The van der Waals surface area contributed by atoms with Crippen LogP contribution in [0.3, 0.4) is 0 Å². The van der Waals surface area contributed by atoms with Crippen molar-refractivity contribution in [2.24, 2.45) is 7.05 Å². The topological polar surface area (TPSA) is 31.2 Å². The Kier molecular flexibility index (Phi) is 3.20. The molecule has 0 radical (unpaired) electrons. The Balaban J connectivity index is 2.41. The summed E-state index contributed by atoms with van der Waals surface area (Å²) < 4.78 is 7.09. The van der Waals surface area contributed by atoms with Crippen LogP contribution in [0.15, 0.2) is 36.4 Å². The fourth-order valence-corrected chi connectivity index (χ4v) is 3.07. The molecule has 1 unspecified atom stereocenters. The van der Waals surface area contributed by atoms with Gasteiger partial charge in [-0.15, -0.1) is 0 Å². The molecule has 3 aromatic rings. The van der Waals surface area contributed by atoms with Gasteiger partial charge in [0.05, 0.1) is 13.0 Å². The van der Waals surface area contributed by atoms with Crippen LogP contribution in [0.4, 0.5) is 0 Å². The number of aromatic nitrogens is 1. The number of carbonyl (C=O) groups excluding carboxylic acids is 1. The highest BCUT2D eigenvalue weighted by Gasteiger charge is 2.21. The van der Waals surface area contributed by atoms with Crippen LogP contribution in [0.25, 0.3) is 21.8 Å². The van der Waals surface area contributed by atoms with E-state index in [1.54, 1.807) is 0 Å². The first-order valence-electron chi connectivity index (χ1n) is 7.10. The lowest BCUT2D eigenvalue weighted by Crippen LogP contribution is -2.11. The summed E-state index contributed by atoms with van der Waals surface area (Å²) in [6, 6.07) is 12.6. The van der Waals surface area contributed by atoms with Crippen LogP contribution in [0.1, 0.15) is 24.0 Å². The molecular weight excluding hydrogens is 262 g/mol. The maximum atomic E-state index is 11.9. The Morgan fingerprint density at radius 2 is 1.95 bits per heavy atom. The highest BCUT2D eigenvalue weighted by molar-refractivity contribution is 6.11. The van der Waals surface area contributed by atoms with Crippen LogP contribution in [-0.4, -0.2) is 17.6 Å². The summed E-state index contributed by atoms with van der Waals surface area (Å²) in [5.74, 6) is -0.475. The van der Waals surface area contributed by atoms with E-state index in [1.807, 2.05) is 19.1 Å². The fraction of sp³-hybridized carbons (Fsp3) is 0.278. The molecule has 0 spiro atoms. The highest BCUT2D eigenvalue weighted by atomic mass is 16.5. The SMILES string of the molecule is COC(=O)C(C)c1cccc2c1c1cc(C)ccc1n2C. The molecule has 1 aromatic heterocycles. The smallest absolute Gasteiger partial charge is 0.312 e. The third kappa shape index (κ3) is 2.00. The van der Waals surface area contributed by atoms with E-state index in [1.165, 1.54) is 23.6 Å². The predicted octanol–water partition coefficient (Wildman–Crippen LogP) is 3.92. The number of benzene rings is 2. The maximum Gasteiger partial charge on any atom is 0.312 e. The Hall–Kier alpha value is -2.29. The van der Waals surface area contributed by atoms with E-state index in [4.69, 9.17) is 4.74 Å². The highest BCUT2D eigenvalue weighted by Crippen LogP contribution is 2.35. The number of ether oxygens (including phenoxy) is 1. The third-order valence-electron chi connectivity index (χ3n) is 4.24. The minimum absolute atomic E-state index is 0.202. The average Bonchev–Trinajstić information content (AvgIpc) is 2.78. The van der Waals surface area contributed by atoms with Gasteiger partial charge in [-0.3, -0.25) is 4.79 Å². The summed E-state index contributed by atoms with van der Waals surface area (Å²) in [7, 11) is 3.50. The lowest BCUT2D eigenvalue weighted by molar-refractivity contribution is -0.141. The van der Waals surface area contributed by atoms with Crippen LogP contribution < -0.4 is 0 Å². The van der Waals surface area contributed by atoms with Gasteiger partial charge >= 0.3 is 5.97 Å². The van der Waals surface area contributed by atoms with Crippen LogP contribution in [0.2, 0.25) is 0 Å². The van der Waals surface area contributed by atoms with Gasteiger partial charge < -0.3 is 9.30 Å². The maximum absolute atomic E-state index is 11.9. The van der Waals surface area contributed by atoms with Crippen molar-refractivity contribution >= 4 is 27.8 Å². The van der Waals surface area contributed by atoms with E-state index < -0.39 is 0 Å². The summed E-state index contributed by atoms with van der Waals surface area (Å²) >= 11 is 0. The second kappa shape index (κ2) is 4.92. The van der Waals surface area contributed by atoms with Crippen LogP contribution in [0, 0.1) is 6.92 Å². The van der Waals surface area contributed by atoms with Crippen molar-refractivity contribution in [3.8, 4) is 0 Å².